The normalized spacial score (nSPS) is 19.1. The average molecular weight is 735 g/mol. The van der Waals surface area contributed by atoms with E-state index in [1.807, 2.05) is 73.7 Å². The summed E-state index contributed by atoms with van der Waals surface area (Å²) in [6.07, 6.45) is 10.2. The molecule has 2 aromatic carbocycles. The lowest BCUT2D eigenvalue weighted by atomic mass is 9.85. The van der Waals surface area contributed by atoms with Crippen molar-refractivity contribution in [2.45, 2.75) is 64.5 Å². The number of carbonyl (C=O) groups is 1. The van der Waals surface area contributed by atoms with Crippen molar-refractivity contribution in [1.29, 1.82) is 0 Å². The Bertz CT molecular complexity index is 2520. The Kier molecular flexibility index (Phi) is 9.21. The molecule has 13 nitrogen and oxygen atoms in total. The van der Waals surface area contributed by atoms with E-state index < -0.39 is 22.0 Å². The topological polar surface area (TPSA) is 169 Å². The number of imidazole rings is 1. The molecule has 0 radical (unpaired) electrons. The number of benzene rings is 2. The van der Waals surface area contributed by atoms with Crippen LogP contribution < -0.4 is 21.9 Å². The van der Waals surface area contributed by atoms with Gasteiger partial charge in [-0.15, -0.1) is 4.40 Å². The van der Waals surface area contributed by atoms with Crippen molar-refractivity contribution in [1.82, 2.24) is 28.9 Å². The van der Waals surface area contributed by atoms with E-state index in [-0.39, 0.29) is 40.6 Å². The Morgan fingerprint density at radius 2 is 1.66 bits per heavy atom. The monoisotopic (exact) mass is 734 g/mol. The number of fused-ring (bicyclic) bond motifs is 3. The van der Waals surface area contributed by atoms with Gasteiger partial charge >= 0.3 is 22.0 Å². The first-order valence-electron chi connectivity index (χ1n) is 18.3. The molecule has 0 unspecified atom stereocenters. The van der Waals surface area contributed by atoms with E-state index >= 15 is 0 Å². The molecule has 53 heavy (non-hydrogen) atoms. The summed E-state index contributed by atoms with van der Waals surface area (Å²) < 4.78 is 41.2. The fraction of sp³-hybridized carbons (Fsp3) is 0.359. The number of allylic oxidation sites excluding steroid dienone is 4. The molecule has 1 amide bonds. The predicted molar refractivity (Wildman–Crippen MR) is 205 cm³/mol. The third-order valence-corrected chi connectivity index (χ3v) is 11.1. The number of nitrogens with two attached hydrogens (primary N) is 1. The Hall–Kier alpha value is -5.18. The maximum Gasteiger partial charge on any atom is 0.378 e. The molecule has 4 heterocycles. The van der Waals surface area contributed by atoms with Crippen LogP contribution >= 0.6 is 0 Å². The first-order chi connectivity index (χ1) is 25.6. The molecular weight excluding hydrogens is 693 g/mol. The molecule has 2 fully saturated rings. The number of nitrogen functional groups attached to an aromatic ring is 1. The number of rotatable bonds is 7. The first-order valence-corrected chi connectivity index (χ1v) is 19.7. The van der Waals surface area contributed by atoms with Crippen LogP contribution in [0.5, 0.6) is 0 Å². The Morgan fingerprint density at radius 3 is 2.38 bits per heavy atom. The zero-order chi connectivity index (χ0) is 36.9. The van der Waals surface area contributed by atoms with E-state index in [0.29, 0.717) is 43.1 Å². The second-order valence-corrected chi connectivity index (χ2v) is 15.2. The van der Waals surface area contributed by atoms with Crippen molar-refractivity contribution >= 4 is 56.3 Å². The SMILES string of the molecule is CCCC1=CC2=c3ccccc3=CC2=C(c2nc(N)c3c(n2)n(Cc2ccccc2)c(=O)n3C(=O)N2CCC(N3CCCCC3)CC2)C1=NS(=O)(=O)O. The highest BCUT2D eigenvalue weighted by atomic mass is 32.2. The smallest absolute Gasteiger partial charge is 0.378 e. The third-order valence-electron chi connectivity index (χ3n) is 10.7. The number of aromatic nitrogens is 4. The van der Waals surface area contributed by atoms with Crippen LogP contribution in [0.1, 0.15) is 63.3 Å². The number of hydrogen-bond acceptors (Lipinski definition) is 8. The van der Waals surface area contributed by atoms with Gasteiger partial charge in [-0.3, -0.25) is 9.12 Å². The molecule has 2 aliphatic carbocycles. The molecule has 0 bridgehead atoms. The maximum absolute atomic E-state index is 14.4. The summed E-state index contributed by atoms with van der Waals surface area (Å²) in [4.78, 5) is 42.6. The molecule has 0 spiro atoms. The number of nitrogens with zero attached hydrogens (tertiary/aromatic N) is 7. The molecule has 4 aliphatic rings. The van der Waals surface area contributed by atoms with Crippen LogP contribution in [0, 0.1) is 0 Å². The van der Waals surface area contributed by atoms with Crippen molar-refractivity contribution in [2.75, 3.05) is 31.9 Å². The molecule has 3 N–H and O–H groups in total. The van der Waals surface area contributed by atoms with Gasteiger partial charge in [0.15, 0.2) is 17.3 Å². The molecule has 0 saturated carbocycles. The van der Waals surface area contributed by atoms with Gasteiger partial charge in [-0.25, -0.2) is 24.1 Å². The van der Waals surface area contributed by atoms with Crippen LogP contribution in [0.4, 0.5) is 10.6 Å². The number of likely N-dealkylation sites (tertiary alicyclic amines) is 2. The second kappa shape index (κ2) is 14.0. The molecular formula is C39H42N8O5S. The predicted octanol–water partition coefficient (Wildman–Crippen LogP) is 3.52. The quantitative estimate of drug-likeness (QED) is 0.270. The summed E-state index contributed by atoms with van der Waals surface area (Å²) in [6, 6.07) is 17.1. The highest BCUT2D eigenvalue weighted by molar-refractivity contribution is 7.84. The van der Waals surface area contributed by atoms with Crippen molar-refractivity contribution in [3.8, 4) is 0 Å². The molecule has 2 aromatic heterocycles. The van der Waals surface area contributed by atoms with Crippen LogP contribution in [-0.2, 0) is 16.8 Å². The molecule has 4 aromatic rings. The summed E-state index contributed by atoms with van der Waals surface area (Å²) in [5.74, 6) is -0.0992. The first kappa shape index (κ1) is 34.9. The zero-order valence-electron chi connectivity index (χ0n) is 29.6. The standard InChI is InChI=1S/C39H42N8O5S/c1-2-11-27-23-30-29-15-8-7-14-26(29)22-31(30)32(33(27)43-53(50,51)52)36-41-35(40)34-37(42-36)46(24-25-12-5-3-6-13-25)39(49)47(34)38(48)45-20-16-28(17-21-45)44-18-9-4-10-19-44/h3,5-8,12-15,22-23,28H,2,4,9-11,16-21,24H2,1H3,(H2,40,41,42)(H,50,51,52). The lowest BCUT2D eigenvalue weighted by Crippen LogP contribution is -2.50. The molecule has 2 saturated heterocycles. The van der Waals surface area contributed by atoms with E-state index in [2.05, 4.69) is 14.3 Å². The van der Waals surface area contributed by atoms with E-state index in [9.17, 15) is 22.6 Å². The number of carbonyl (C=O) groups excluding carboxylic acids is 1. The van der Waals surface area contributed by atoms with Crippen LogP contribution in [0.3, 0.4) is 0 Å². The number of amides is 1. The largest absolute Gasteiger partial charge is 0.382 e. The molecule has 274 valence electrons. The van der Waals surface area contributed by atoms with Crippen LogP contribution in [0.25, 0.3) is 28.4 Å². The average Bonchev–Trinajstić information content (AvgIpc) is 3.66. The lowest BCUT2D eigenvalue weighted by Gasteiger charge is -2.40. The van der Waals surface area contributed by atoms with E-state index in [1.165, 1.54) is 23.8 Å². The molecule has 14 heteroatoms. The van der Waals surface area contributed by atoms with Crippen molar-refractivity contribution in [2.24, 2.45) is 4.40 Å². The lowest BCUT2D eigenvalue weighted by molar-refractivity contribution is 0.102. The summed E-state index contributed by atoms with van der Waals surface area (Å²) in [5.41, 5.74) is 9.44. The Morgan fingerprint density at radius 1 is 0.943 bits per heavy atom. The van der Waals surface area contributed by atoms with Crippen molar-refractivity contribution < 1.29 is 17.8 Å². The number of hydrogen-bond donors (Lipinski definition) is 2. The van der Waals surface area contributed by atoms with Gasteiger partial charge in [-0.2, -0.15) is 8.42 Å². The summed E-state index contributed by atoms with van der Waals surface area (Å²) in [7, 11) is -4.86. The second-order valence-electron chi connectivity index (χ2n) is 14.1. The minimum atomic E-state index is -4.86. The van der Waals surface area contributed by atoms with Crippen LogP contribution in [0.2, 0.25) is 0 Å². The van der Waals surface area contributed by atoms with Crippen LogP contribution in [0.15, 0.2) is 81.0 Å². The summed E-state index contributed by atoms with van der Waals surface area (Å²) >= 11 is 0. The van der Waals surface area contributed by atoms with E-state index in [4.69, 9.17) is 10.7 Å². The van der Waals surface area contributed by atoms with Gasteiger partial charge in [-0.05, 0) is 90.1 Å². The molecule has 0 atom stereocenters. The van der Waals surface area contributed by atoms with Crippen molar-refractivity contribution in [3.63, 3.8) is 0 Å². The minimum absolute atomic E-state index is 0.0000482. The van der Waals surface area contributed by atoms with E-state index in [0.717, 1.165) is 52.1 Å². The van der Waals surface area contributed by atoms with Gasteiger partial charge in [0.2, 0.25) is 0 Å². The van der Waals surface area contributed by atoms with Crippen LogP contribution in [-0.4, -0.2) is 85.8 Å². The Balaban J connectivity index is 1.30. The minimum Gasteiger partial charge on any atom is -0.382 e. The molecule has 8 rings (SSSR count). The zero-order valence-corrected chi connectivity index (χ0v) is 30.4. The Labute approximate surface area is 307 Å². The summed E-state index contributed by atoms with van der Waals surface area (Å²) in [5, 5.41) is 1.85. The van der Waals surface area contributed by atoms with Gasteiger partial charge < -0.3 is 15.5 Å². The van der Waals surface area contributed by atoms with Gasteiger partial charge in [0.25, 0.3) is 0 Å². The highest BCUT2D eigenvalue weighted by Crippen LogP contribution is 2.38. The maximum atomic E-state index is 14.4. The number of anilines is 1. The fourth-order valence-electron chi connectivity index (χ4n) is 8.26. The van der Waals surface area contributed by atoms with Gasteiger partial charge in [0.05, 0.1) is 17.8 Å². The molecule has 2 aliphatic heterocycles. The highest BCUT2D eigenvalue weighted by Gasteiger charge is 2.34. The number of piperidine rings is 2. The van der Waals surface area contributed by atoms with Gasteiger partial charge in [-0.1, -0.05) is 74.4 Å². The van der Waals surface area contributed by atoms with E-state index in [1.54, 1.807) is 4.90 Å². The fourth-order valence-corrected chi connectivity index (χ4v) is 8.70. The third kappa shape index (κ3) is 6.55. The van der Waals surface area contributed by atoms with Gasteiger partial charge in [0.1, 0.15) is 5.52 Å². The van der Waals surface area contributed by atoms with Gasteiger partial charge in [0, 0.05) is 19.1 Å². The summed E-state index contributed by atoms with van der Waals surface area (Å²) in [6.45, 7) is 5.22. The van der Waals surface area contributed by atoms with Crippen molar-refractivity contribution in [3.05, 3.63) is 104 Å².